The lowest BCUT2D eigenvalue weighted by molar-refractivity contribution is -0.143. The summed E-state index contributed by atoms with van der Waals surface area (Å²) in [7, 11) is -2.38. The second-order valence-corrected chi connectivity index (χ2v) is 12.0. The number of aliphatic hydroxyl groups is 1. The van der Waals surface area contributed by atoms with Crippen LogP contribution in [0.4, 0.5) is 0 Å². The molecule has 1 aliphatic rings. The van der Waals surface area contributed by atoms with E-state index in [0.717, 1.165) is 12.0 Å². The molecule has 0 saturated carbocycles. The second-order valence-electron chi connectivity index (χ2n) is 10.0. The normalized spacial score (nSPS) is 19.6. The number of benzene rings is 2. The van der Waals surface area contributed by atoms with Crippen LogP contribution in [0.25, 0.3) is 0 Å². The van der Waals surface area contributed by atoms with E-state index in [9.17, 15) is 18.3 Å². The number of rotatable bonds is 13. The van der Waals surface area contributed by atoms with Gasteiger partial charge in [0.15, 0.2) is 0 Å². The maximum absolute atomic E-state index is 13.6. The number of carbonyl (C=O) groups excluding carboxylic acids is 1. The lowest BCUT2D eigenvalue weighted by Gasteiger charge is -2.33. The van der Waals surface area contributed by atoms with Gasteiger partial charge in [0.2, 0.25) is 10.0 Å². The molecule has 0 radical (unpaired) electrons. The molecule has 37 heavy (non-hydrogen) atoms. The van der Waals surface area contributed by atoms with E-state index in [4.69, 9.17) is 9.47 Å². The van der Waals surface area contributed by atoms with E-state index in [2.05, 4.69) is 5.32 Å². The Labute approximate surface area is 221 Å². The highest BCUT2D eigenvalue weighted by Gasteiger charge is 2.42. The Kier molecular flexibility index (Phi) is 10.1. The van der Waals surface area contributed by atoms with Gasteiger partial charge in [-0.1, -0.05) is 51.1 Å². The molecule has 8 nitrogen and oxygen atoms in total. The van der Waals surface area contributed by atoms with Gasteiger partial charge in [-0.25, -0.2) is 8.42 Å². The summed E-state index contributed by atoms with van der Waals surface area (Å²) in [6.45, 7) is 6.35. The molecule has 1 heterocycles. The van der Waals surface area contributed by atoms with Crippen LogP contribution in [0.3, 0.4) is 0 Å². The van der Waals surface area contributed by atoms with Gasteiger partial charge in [-0.15, -0.1) is 0 Å². The molecule has 1 fully saturated rings. The van der Waals surface area contributed by atoms with Gasteiger partial charge in [0.05, 0.1) is 24.2 Å². The fraction of sp³-hybridized carbons (Fsp3) is 0.536. The Hall–Kier alpha value is -2.46. The quantitative estimate of drug-likeness (QED) is 0.410. The average Bonchev–Trinajstić information content (AvgIpc) is 3.39. The molecule has 204 valence electrons. The van der Waals surface area contributed by atoms with Crippen LogP contribution in [0.2, 0.25) is 0 Å². The van der Waals surface area contributed by atoms with Crippen LogP contribution in [-0.4, -0.2) is 68.3 Å². The Morgan fingerprint density at radius 1 is 1.14 bits per heavy atom. The van der Waals surface area contributed by atoms with Gasteiger partial charge in [0.25, 0.3) is 5.91 Å². The SMILES string of the molecule is CCC1(C(=O)N[C@@H](Cc2ccccc2)[C@H](O)CN(CC(C)C)S(=O)(=O)c2ccc(OC)cc2)CCCO1. The summed E-state index contributed by atoms with van der Waals surface area (Å²) < 4.78 is 39.5. The summed E-state index contributed by atoms with van der Waals surface area (Å²) in [5, 5.41) is 14.4. The summed E-state index contributed by atoms with van der Waals surface area (Å²) in [4.78, 5) is 13.5. The molecule has 1 amide bonds. The van der Waals surface area contributed by atoms with Crippen LogP contribution in [0.5, 0.6) is 5.75 Å². The molecule has 3 atom stereocenters. The highest BCUT2D eigenvalue weighted by molar-refractivity contribution is 7.89. The molecule has 1 aliphatic heterocycles. The van der Waals surface area contributed by atoms with Crippen molar-refractivity contribution in [1.82, 2.24) is 9.62 Å². The lowest BCUT2D eigenvalue weighted by Crippen LogP contribution is -2.56. The Bertz CT molecular complexity index is 1100. The van der Waals surface area contributed by atoms with Gasteiger partial charge >= 0.3 is 0 Å². The van der Waals surface area contributed by atoms with Gasteiger partial charge < -0.3 is 19.9 Å². The smallest absolute Gasteiger partial charge is 0.252 e. The second kappa shape index (κ2) is 12.9. The van der Waals surface area contributed by atoms with Crippen molar-refractivity contribution in [3.8, 4) is 5.75 Å². The van der Waals surface area contributed by atoms with E-state index in [1.165, 1.54) is 23.5 Å². The number of nitrogens with zero attached hydrogens (tertiary/aromatic N) is 1. The molecule has 2 aromatic carbocycles. The minimum Gasteiger partial charge on any atom is -0.497 e. The van der Waals surface area contributed by atoms with Crippen LogP contribution in [0.15, 0.2) is 59.5 Å². The van der Waals surface area contributed by atoms with Gasteiger partial charge in [-0.05, 0) is 61.4 Å². The maximum atomic E-state index is 13.6. The summed E-state index contributed by atoms with van der Waals surface area (Å²) in [6.07, 6.45) is 1.15. The molecule has 1 unspecified atom stereocenters. The monoisotopic (exact) mass is 532 g/mol. The Balaban J connectivity index is 1.87. The van der Waals surface area contributed by atoms with Crippen molar-refractivity contribution >= 4 is 15.9 Å². The number of ether oxygens (including phenoxy) is 2. The Morgan fingerprint density at radius 3 is 2.35 bits per heavy atom. The molecule has 3 rings (SSSR count). The van der Waals surface area contributed by atoms with E-state index >= 15 is 0 Å². The van der Waals surface area contributed by atoms with Gasteiger partial charge in [-0.3, -0.25) is 4.79 Å². The Morgan fingerprint density at radius 2 is 1.81 bits per heavy atom. The van der Waals surface area contributed by atoms with Crippen molar-refractivity contribution in [2.75, 3.05) is 26.8 Å². The van der Waals surface area contributed by atoms with Crippen LogP contribution < -0.4 is 10.1 Å². The van der Waals surface area contributed by atoms with Gasteiger partial charge in [0.1, 0.15) is 11.4 Å². The van der Waals surface area contributed by atoms with Crippen LogP contribution in [-0.2, 0) is 26.0 Å². The van der Waals surface area contributed by atoms with Gasteiger partial charge in [-0.2, -0.15) is 4.31 Å². The molecular formula is C28H40N2O6S. The van der Waals surface area contributed by atoms with E-state index in [-0.39, 0.29) is 29.8 Å². The third-order valence-electron chi connectivity index (χ3n) is 6.82. The largest absolute Gasteiger partial charge is 0.497 e. The first-order chi connectivity index (χ1) is 17.6. The average molecular weight is 533 g/mol. The van der Waals surface area contributed by atoms with Crippen molar-refractivity contribution in [3.63, 3.8) is 0 Å². The van der Waals surface area contributed by atoms with Crippen molar-refractivity contribution in [3.05, 3.63) is 60.2 Å². The minimum atomic E-state index is -3.90. The fourth-order valence-electron chi connectivity index (χ4n) is 4.68. The molecular weight excluding hydrogens is 492 g/mol. The number of nitrogens with one attached hydrogen (secondary N) is 1. The van der Waals surface area contributed by atoms with Crippen LogP contribution in [0, 0.1) is 5.92 Å². The molecule has 0 aliphatic carbocycles. The molecule has 0 spiro atoms. The number of carbonyl (C=O) groups is 1. The zero-order valence-electron chi connectivity index (χ0n) is 22.2. The summed E-state index contributed by atoms with van der Waals surface area (Å²) in [6, 6.07) is 15.0. The zero-order valence-corrected chi connectivity index (χ0v) is 23.0. The van der Waals surface area contributed by atoms with E-state index in [1.807, 2.05) is 51.1 Å². The van der Waals surface area contributed by atoms with Crippen LogP contribution >= 0.6 is 0 Å². The van der Waals surface area contributed by atoms with E-state index in [0.29, 0.717) is 31.6 Å². The lowest BCUT2D eigenvalue weighted by atomic mass is 9.94. The summed E-state index contributed by atoms with van der Waals surface area (Å²) in [5.41, 5.74) is 0.0136. The van der Waals surface area contributed by atoms with Gasteiger partial charge in [0, 0.05) is 19.7 Å². The molecule has 0 aromatic heterocycles. The van der Waals surface area contributed by atoms with E-state index < -0.39 is 27.8 Å². The number of sulfonamides is 1. The molecule has 0 bridgehead atoms. The number of methoxy groups -OCH3 is 1. The van der Waals surface area contributed by atoms with Crippen molar-refractivity contribution < 1.29 is 27.8 Å². The summed E-state index contributed by atoms with van der Waals surface area (Å²) in [5.74, 6) is 0.317. The highest BCUT2D eigenvalue weighted by atomic mass is 32.2. The molecule has 1 saturated heterocycles. The molecule has 2 N–H and O–H groups in total. The van der Waals surface area contributed by atoms with Crippen LogP contribution in [0.1, 0.15) is 45.6 Å². The first-order valence-corrected chi connectivity index (χ1v) is 14.4. The third kappa shape index (κ3) is 7.31. The highest BCUT2D eigenvalue weighted by Crippen LogP contribution is 2.30. The van der Waals surface area contributed by atoms with Crippen molar-refractivity contribution in [2.24, 2.45) is 5.92 Å². The zero-order chi connectivity index (χ0) is 27.1. The third-order valence-corrected chi connectivity index (χ3v) is 8.67. The fourth-order valence-corrected chi connectivity index (χ4v) is 6.30. The standard InChI is InChI=1S/C28H40N2O6S/c1-5-28(16-9-17-36-28)27(32)29-25(18-22-10-7-6-8-11-22)26(31)20-30(19-21(2)3)37(33,34)24-14-12-23(35-4)13-15-24/h6-8,10-15,21,25-26,31H,5,9,16-20H2,1-4H3,(H,29,32)/t25-,26+,28?/m0/s1. The van der Waals surface area contributed by atoms with E-state index in [1.54, 1.807) is 12.1 Å². The predicted molar refractivity (Wildman–Crippen MR) is 143 cm³/mol. The molecule has 2 aromatic rings. The maximum Gasteiger partial charge on any atom is 0.252 e. The van der Waals surface area contributed by atoms with Crippen molar-refractivity contribution in [1.29, 1.82) is 0 Å². The number of hydrogen-bond acceptors (Lipinski definition) is 6. The number of aliphatic hydroxyl groups excluding tert-OH is 1. The predicted octanol–water partition coefficient (Wildman–Crippen LogP) is 3.39. The van der Waals surface area contributed by atoms with Crippen molar-refractivity contribution in [2.45, 2.75) is 69.1 Å². The minimum absolute atomic E-state index is 0.0256. The number of hydrogen-bond donors (Lipinski definition) is 2. The summed E-state index contributed by atoms with van der Waals surface area (Å²) >= 11 is 0. The topological polar surface area (TPSA) is 105 Å². The first-order valence-electron chi connectivity index (χ1n) is 12.9. The first kappa shape index (κ1) is 29.1. The number of amides is 1. The molecule has 9 heteroatoms.